The van der Waals surface area contributed by atoms with E-state index in [4.69, 9.17) is 26.0 Å². The van der Waals surface area contributed by atoms with Crippen LogP contribution >= 0.6 is 23.4 Å². The van der Waals surface area contributed by atoms with Gasteiger partial charge in [0, 0.05) is 42.2 Å². The van der Waals surface area contributed by atoms with Crippen molar-refractivity contribution in [3.63, 3.8) is 0 Å². The van der Waals surface area contributed by atoms with Crippen LogP contribution in [0.1, 0.15) is 19.3 Å². The third-order valence-corrected chi connectivity index (χ3v) is 9.24. The SMILES string of the molecule is O=C(CCSc1nc2ccc(Cl)cc2o1)Nc1ccc(S(=O)(=O)C2(C(=O)NO)CCOCC2)cc1. The Morgan fingerprint density at radius 1 is 1.14 bits per heavy atom. The van der Waals surface area contributed by atoms with Gasteiger partial charge in [0.05, 0.1) is 4.90 Å². The Hall–Kier alpha value is -2.64. The molecule has 2 amide bonds. The number of benzene rings is 2. The summed E-state index contributed by atoms with van der Waals surface area (Å²) in [5.41, 5.74) is 3.13. The Morgan fingerprint density at radius 3 is 2.54 bits per heavy atom. The molecule has 0 atom stereocenters. The average Bonchev–Trinajstić information content (AvgIpc) is 3.26. The van der Waals surface area contributed by atoms with Crippen molar-refractivity contribution in [2.24, 2.45) is 0 Å². The number of hydroxylamine groups is 1. The first-order chi connectivity index (χ1) is 16.7. The Bertz CT molecular complexity index is 1340. The number of halogens is 1. The smallest absolute Gasteiger partial charge is 0.265 e. The zero-order valence-corrected chi connectivity index (χ0v) is 20.7. The Kier molecular flexibility index (Phi) is 7.67. The number of aromatic nitrogens is 1. The fraction of sp³-hybridized carbons (Fsp3) is 0.318. The van der Waals surface area contributed by atoms with E-state index in [2.05, 4.69) is 10.3 Å². The molecule has 0 radical (unpaired) electrons. The summed E-state index contributed by atoms with van der Waals surface area (Å²) in [7, 11) is -4.13. The highest BCUT2D eigenvalue weighted by Gasteiger charge is 2.52. The first-order valence-electron chi connectivity index (χ1n) is 10.6. The lowest BCUT2D eigenvalue weighted by Crippen LogP contribution is -2.54. The monoisotopic (exact) mass is 539 g/mol. The van der Waals surface area contributed by atoms with Crippen LogP contribution in [0.15, 0.2) is 57.0 Å². The van der Waals surface area contributed by atoms with Crippen molar-refractivity contribution in [2.75, 3.05) is 24.3 Å². The summed E-state index contributed by atoms with van der Waals surface area (Å²) < 4.78 is 35.5. The normalized spacial score (nSPS) is 15.6. The van der Waals surface area contributed by atoms with Crippen LogP contribution in [0.4, 0.5) is 5.69 Å². The lowest BCUT2D eigenvalue weighted by atomic mass is 9.98. The molecule has 3 aromatic rings. The van der Waals surface area contributed by atoms with Crippen molar-refractivity contribution < 1.29 is 32.4 Å². The van der Waals surface area contributed by atoms with E-state index < -0.39 is 20.5 Å². The Balaban J connectivity index is 1.36. The van der Waals surface area contributed by atoms with Gasteiger partial charge in [-0.2, -0.15) is 0 Å². The largest absolute Gasteiger partial charge is 0.431 e. The topological polar surface area (TPSA) is 148 Å². The standard InChI is InChI=1S/C22H22ClN3O7S2/c23-14-1-6-17-18(13-14)33-21(25-17)34-12-7-19(27)24-15-2-4-16(5-3-15)35(30,31)22(20(28)26-29)8-10-32-11-9-22/h1-6,13,29H,7-12H2,(H,24,27)(H,26,28). The van der Waals surface area contributed by atoms with Gasteiger partial charge >= 0.3 is 0 Å². The average molecular weight is 540 g/mol. The van der Waals surface area contributed by atoms with Gasteiger partial charge in [-0.25, -0.2) is 18.9 Å². The molecule has 35 heavy (non-hydrogen) atoms. The molecule has 10 nitrogen and oxygen atoms in total. The van der Waals surface area contributed by atoms with Crippen LogP contribution in [0.2, 0.25) is 5.02 Å². The summed E-state index contributed by atoms with van der Waals surface area (Å²) in [6.07, 6.45) is 0.0139. The maximum atomic E-state index is 13.3. The number of nitrogens with one attached hydrogen (secondary N) is 2. The van der Waals surface area contributed by atoms with Crippen LogP contribution < -0.4 is 10.8 Å². The number of thioether (sulfide) groups is 1. The molecular formula is C22H22ClN3O7S2. The molecule has 13 heteroatoms. The maximum absolute atomic E-state index is 13.3. The highest BCUT2D eigenvalue weighted by Crippen LogP contribution is 2.35. The summed E-state index contributed by atoms with van der Waals surface area (Å²) in [5, 5.41) is 12.8. The van der Waals surface area contributed by atoms with Gasteiger partial charge in [0.1, 0.15) is 5.52 Å². The summed E-state index contributed by atoms with van der Waals surface area (Å²) in [5.74, 6) is -0.842. The van der Waals surface area contributed by atoms with Gasteiger partial charge in [0.2, 0.25) is 5.91 Å². The number of ether oxygens (including phenoxy) is 1. The fourth-order valence-electron chi connectivity index (χ4n) is 3.76. The van der Waals surface area contributed by atoms with Gasteiger partial charge in [-0.05, 0) is 49.2 Å². The van der Waals surface area contributed by atoms with Crippen LogP contribution in [0, 0.1) is 0 Å². The summed E-state index contributed by atoms with van der Waals surface area (Å²) in [6.45, 7) is 0.159. The third kappa shape index (κ3) is 5.31. The molecule has 3 N–H and O–H groups in total. The second-order valence-electron chi connectivity index (χ2n) is 7.81. The lowest BCUT2D eigenvalue weighted by molar-refractivity contribution is -0.134. The molecule has 4 rings (SSSR count). The van der Waals surface area contributed by atoms with Crippen molar-refractivity contribution in [1.82, 2.24) is 10.5 Å². The minimum Gasteiger partial charge on any atom is -0.431 e. The predicted molar refractivity (Wildman–Crippen MR) is 129 cm³/mol. The number of carbonyl (C=O) groups excluding carboxylic acids is 2. The van der Waals surface area contributed by atoms with Crippen LogP contribution in [0.25, 0.3) is 11.1 Å². The quantitative estimate of drug-likeness (QED) is 0.222. The zero-order chi connectivity index (χ0) is 25.1. The van der Waals surface area contributed by atoms with E-state index in [1.54, 1.807) is 18.2 Å². The summed E-state index contributed by atoms with van der Waals surface area (Å²) in [6, 6.07) is 10.7. The number of oxazole rings is 1. The van der Waals surface area contributed by atoms with Crippen molar-refractivity contribution in [2.45, 2.75) is 34.1 Å². The molecule has 0 aliphatic carbocycles. The fourth-order valence-corrected chi connectivity index (χ4v) is 6.63. The molecular weight excluding hydrogens is 518 g/mol. The molecule has 0 spiro atoms. The lowest BCUT2D eigenvalue weighted by Gasteiger charge is -2.34. The zero-order valence-electron chi connectivity index (χ0n) is 18.3. The van der Waals surface area contributed by atoms with Crippen LogP contribution in [-0.2, 0) is 24.2 Å². The van der Waals surface area contributed by atoms with Crippen LogP contribution in [0.5, 0.6) is 0 Å². The van der Waals surface area contributed by atoms with E-state index in [9.17, 15) is 18.0 Å². The van der Waals surface area contributed by atoms with Gasteiger partial charge in [0.15, 0.2) is 20.2 Å². The van der Waals surface area contributed by atoms with Gasteiger partial charge < -0.3 is 14.5 Å². The number of carbonyl (C=O) groups is 2. The Morgan fingerprint density at radius 2 is 1.86 bits per heavy atom. The molecule has 186 valence electrons. The highest BCUT2D eigenvalue weighted by molar-refractivity contribution is 7.99. The molecule has 1 aliphatic rings. The number of fused-ring (bicyclic) bond motifs is 1. The third-order valence-electron chi connectivity index (χ3n) is 5.66. The van der Waals surface area contributed by atoms with Gasteiger partial charge in [-0.15, -0.1) is 0 Å². The van der Waals surface area contributed by atoms with E-state index in [-0.39, 0.29) is 43.3 Å². The minimum atomic E-state index is -4.13. The maximum Gasteiger partial charge on any atom is 0.265 e. The van der Waals surface area contributed by atoms with Crippen molar-refractivity contribution in [1.29, 1.82) is 0 Å². The second-order valence-corrected chi connectivity index (χ2v) is 11.6. The molecule has 1 aromatic heterocycles. The minimum absolute atomic E-state index is 0.0784. The molecule has 0 bridgehead atoms. The molecule has 0 unspecified atom stereocenters. The second kappa shape index (κ2) is 10.5. The van der Waals surface area contributed by atoms with Gasteiger partial charge in [-0.3, -0.25) is 14.8 Å². The predicted octanol–water partition coefficient (Wildman–Crippen LogP) is 3.43. The summed E-state index contributed by atoms with van der Waals surface area (Å²) >= 11 is 7.23. The number of amides is 2. The number of nitrogens with zero attached hydrogens (tertiary/aromatic N) is 1. The van der Waals surface area contributed by atoms with Crippen LogP contribution in [0.3, 0.4) is 0 Å². The van der Waals surface area contributed by atoms with E-state index in [1.165, 1.54) is 41.5 Å². The van der Waals surface area contributed by atoms with Crippen LogP contribution in [-0.4, -0.2) is 54.1 Å². The number of rotatable bonds is 8. The van der Waals surface area contributed by atoms with Crippen molar-refractivity contribution in [3.8, 4) is 0 Å². The Labute approximate surface area is 210 Å². The molecule has 2 aromatic carbocycles. The van der Waals surface area contributed by atoms with E-state index >= 15 is 0 Å². The number of hydrogen-bond acceptors (Lipinski definition) is 9. The van der Waals surface area contributed by atoms with Gasteiger partial charge in [0.25, 0.3) is 11.1 Å². The molecule has 1 saturated heterocycles. The highest BCUT2D eigenvalue weighted by atomic mass is 35.5. The van der Waals surface area contributed by atoms with E-state index in [1.807, 2.05) is 0 Å². The van der Waals surface area contributed by atoms with Crippen molar-refractivity contribution in [3.05, 3.63) is 47.5 Å². The molecule has 1 aliphatic heterocycles. The number of anilines is 1. The molecule has 0 saturated carbocycles. The molecule has 2 heterocycles. The number of hydrogen-bond donors (Lipinski definition) is 3. The number of sulfone groups is 1. The first-order valence-corrected chi connectivity index (χ1v) is 13.5. The first kappa shape index (κ1) is 25.5. The van der Waals surface area contributed by atoms with Gasteiger partial charge in [-0.1, -0.05) is 23.4 Å². The summed E-state index contributed by atoms with van der Waals surface area (Å²) in [4.78, 5) is 28.9. The van der Waals surface area contributed by atoms with E-state index in [0.717, 1.165) is 0 Å². The molecule has 1 fully saturated rings. The van der Waals surface area contributed by atoms with E-state index in [0.29, 0.717) is 32.8 Å². The van der Waals surface area contributed by atoms with Crippen molar-refractivity contribution >= 4 is 61.8 Å².